The Bertz CT molecular complexity index is 1500. The van der Waals surface area contributed by atoms with Crippen LogP contribution in [0, 0.1) is 0 Å². The maximum absolute atomic E-state index is 14.1. The first-order valence-corrected chi connectivity index (χ1v) is 13.1. The van der Waals surface area contributed by atoms with Crippen LogP contribution < -0.4 is 15.2 Å². The molecule has 1 amide bonds. The Morgan fingerprint density at radius 3 is 2.19 bits per heavy atom. The maximum Gasteiger partial charge on any atom is 0.422 e. The maximum atomic E-state index is 14.1. The Hall–Kier alpha value is -4.17. The number of carbonyl (C=O) groups is 1. The number of halogens is 6. The average molecular weight is 597 g/mol. The highest BCUT2D eigenvalue weighted by Crippen LogP contribution is 2.40. The number of benzene rings is 1. The number of fused-ring (bicyclic) bond motifs is 1. The van der Waals surface area contributed by atoms with E-state index in [0.717, 1.165) is 4.68 Å². The van der Waals surface area contributed by atoms with E-state index in [1.54, 1.807) is 34.1 Å². The number of anilines is 1. The monoisotopic (exact) mass is 596 g/mol. The van der Waals surface area contributed by atoms with Crippen molar-refractivity contribution in [1.82, 2.24) is 24.6 Å². The molecule has 0 N–H and O–H groups in total. The van der Waals surface area contributed by atoms with Gasteiger partial charge in [-0.15, -0.1) is 0 Å². The average Bonchev–Trinajstić information content (AvgIpc) is 3.34. The van der Waals surface area contributed by atoms with Gasteiger partial charge < -0.3 is 14.5 Å². The van der Waals surface area contributed by atoms with E-state index in [2.05, 4.69) is 15.1 Å². The minimum Gasteiger partial charge on any atom is -0.497 e. The van der Waals surface area contributed by atoms with Gasteiger partial charge in [0.05, 0.1) is 24.9 Å². The van der Waals surface area contributed by atoms with Crippen molar-refractivity contribution >= 4 is 11.9 Å². The van der Waals surface area contributed by atoms with Crippen molar-refractivity contribution in [3.8, 4) is 5.75 Å². The molecule has 1 saturated heterocycles. The van der Waals surface area contributed by atoms with Gasteiger partial charge >= 0.3 is 12.4 Å². The highest BCUT2D eigenvalue weighted by Gasteiger charge is 2.43. The number of nitrogens with zero attached hydrogens (tertiary/aromatic N) is 6. The fourth-order valence-corrected chi connectivity index (χ4v) is 5.29. The van der Waals surface area contributed by atoms with Crippen LogP contribution in [0.5, 0.6) is 5.75 Å². The van der Waals surface area contributed by atoms with Crippen LogP contribution in [-0.2, 0) is 30.1 Å². The lowest BCUT2D eigenvalue weighted by Gasteiger charge is -2.35. The molecule has 3 aromatic rings. The molecule has 2 aromatic heterocycles. The second-order valence-corrected chi connectivity index (χ2v) is 10.1. The summed E-state index contributed by atoms with van der Waals surface area (Å²) in [6.45, 7) is 0.836. The third-order valence-corrected chi connectivity index (χ3v) is 7.49. The summed E-state index contributed by atoms with van der Waals surface area (Å²) in [6.07, 6.45) is -7.91. The zero-order valence-electron chi connectivity index (χ0n) is 22.4. The van der Waals surface area contributed by atoms with E-state index >= 15 is 0 Å². The second-order valence-electron chi connectivity index (χ2n) is 10.1. The Morgan fingerprint density at radius 1 is 0.976 bits per heavy atom. The Kier molecular flexibility index (Phi) is 7.86. The standard InChI is InChI=1S/C27H26F6N6O3/c1-42-19-5-2-16(3-6-19)15-39-24(41)22(27(31,32)33)20-7-4-17(23(20)36-39)12-21(40)37-8-10-38(11-9-37)25-34-13-18(14-35-25)26(28,29)30/h2-3,5-6,13-14,17H,4,7-12,15H2,1H3. The number of methoxy groups -OCH3 is 1. The SMILES string of the molecule is COc1ccc(Cn2nc3c(c(C(F)(F)F)c2=O)CCC3CC(=O)N2CCN(c3ncc(C(F)(F)F)cn3)CC2)cc1. The number of hydrogen-bond donors (Lipinski definition) is 0. The molecule has 9 nitrogen and oxygen atoms in total. The number of rotatable bonds is 6. The molecule has 2 aliphatic rings. The molecule has 0 spiro atoms. The van der Waals surface area contributed by atoms with Gasteiger partial charge in [0.1, 0.15) is 11.3 Å². The number of carbonyl (C=O) groups excluding carboxylic acids is 1. The lowest BCUT2D eigenvalue weighted by Crippen LogP contribution is -2.49. The van der Waals surface area contributed by atoms with Gasteiger partial charge in [0.15, 0.2) is 0 Å². The fourth-order valence-electron chi connectivity index (χ4n) is 5.29. The van der Waals surface area contributed by atoms with E-state index in [4.69, 9.17) is 4.74 Å². The predicted octanol–water partition coefficient (Wildman–Crippen LogP) is 3.90. The first-order chi connectivity index (χ1) is 19.8. The summed E-state index contributed by atoms with van der Waals surface area (Å²) in [6, 6.07) is 6.51. The largest absolute Gasteiger partial charge is 0.497 e. The summed E-state index contributed by atoms with van der Waals surface area (Å²) in [5, 5.41) is 4.32. The molecule has 1 fully saturated rings. The van der Waals surface area contributed by atoms with Crippen molar-refractivity contribution in [2.45, 2.75) is 44.1 Å². The number of alkyl halides is 6. The van der Waals surface area contributed by atoms with Crippen molar-refractivity contribution in [2.75, 3.05) is 38.2 Å². The van der Waals surface area contributed by atoms with Crippen molar-refractivity contribution in [1.29, 1.82) is 0 Å². The molecule has 1 aliphatic heterocycles. The van der Waals surface area contributed by atoms with Gasteiger partial charge in [0, 0.05) is 50.9 Å². The van der Waals surface area contributed by atoms with E-state index in [1.807, 2.05) is 0 Å². The highest BCUT2D eigenvalue weighted by atomic mass is 19.4. The van der Waals surface area contributed by atoms with E-state index in [1.165, 1.54) is 7.11 Å². The molecule has 42 heavy (non-hydrogen) atoms. The third-order valence-electron chi connectivity index (χ3n) is 7.49. The zero-order chi connectivity index (χ0) is 30.2. The normalized spacial score (nSPS) is 17.4. The van der Waals surface area contributed by atoms with Gasteiger partial charge in [0.25, 0.3) is 5.56 Å². The number of amides is 1. The van der Waals surface area contributed by atoms with E-state index in [-0.39, 0.29) is 75.1 Å². The third kappa shape index (κ3) is 6.04. The molecule has 3 heterocycles. The van der Waals surface area contributed by atoms with Crippen LogP contribution in [0.15, 0.2) is 41.5 Å². The smallest absolute Gasteiger partial charge is 0.422 e. The molecule has 1 aliphatic carbocycles. The quantitative estimate of drug-likeness (QED) is 0.399. The van der Waals surface area contributed by atoms with Crippen molar-refractivity contribution in [2.24, 2.45) is 0 Å². The second kappa shape index (κ2) is 11.2. The lowest BCUT2D eigenvalue weighted by molar-refractivity contribution is -0.140. The molecular weight excluding hydrogens is 570 g/mol. The molecule has 224 valence electrons. The van der Waals surface area contributed by atoms with Gasteiger partial charge in [-0.05, 0) is 36.1 Å². The molecule has 0 bridgehead atoms. The highest BCUT2D eigenvalue weighted by molar-refractivity contribution is 5.77. The molecule has 1 unspecified atom stereocenters. The summed E-state index contributed by atoms with van der Waals surface area (Å²) >= 11 is 0. The summed E-state index contributed by atoms with van der Waals surface area (Å²) in [4.78, 5) is 36.9. The summed E-state index contributed by atoms with van der Waals surface area (Å²) in [7, 11) is 1.48. The van der Waals surface area contributed by atoms with Crippen molar-refractivity contribution < 1.29 is 35.9 Å². The van der Waals surface area contributed by atoms with Crippen molar-refractivity contribution in [3.05, 3.63) is 75.0 Å². The minimum absolute atomic E-state index is 0.0211. The molecule has 5 rings (SSSR count). The molecule has 1 aromatic carbocycles. The van der Waals surface area contributed by atoms with Gasteiger partial charge in [0.2, 0.25) is 11.9 Å². The first-order valence-electron chi connectivity index (χ1n) is 13.1. The van der Waals surface area contributed by atoms with Crippen LogP contribution in [0.1, 0.15) is 46.7 Å². The lowest BCUT2D eigenvalue weighted by atomic mass is 10.0. The van der Waals surface area contributed by atoms with Crippen LogP contribution in [0.2, 0.25) is 0 Å². The van der Waals surface area contributed by atoms with Crippen LogP contribution in [0.4, 0.5) is 32.3 Å². The first kappa shape index (κ1) is 29.3. The van der Waals surface area contributed by atoms with Crippen molar-refractivity contribution in [3.63, 3.8) is 0 Å². The van der Waals surface area contributed by atoms with Gasteiger partial charge in [-0.2, -0.15) is 31.4 Å². The predicted molar refractivity (Wildman–Crippen MR) is 137 cm³/mol. The number of ether oxygens (including phenoxy) is 1. The van der Waals surface area contributed by atoms with Crippen LogP contribution in [-0.4, -0.2) is 63.8 Å². The minimum atomic E-state index is -4.89. The molecular formula is C27H26F6N6O3. The van der Waals surface area contributed by atoms with Gasteiger partial charge in [-0.3, -0.25) is 9.59 Å². The molecule has 0 radical (unpaired) electrons. The van der Waals surface area contributed by atoms with E-state index in [9.17, 15) is 35.9 Å². The van der Waals surface area contributed by atoms with Crippen LogP contribution >= 0.6 is 0 Å². The van der Waals surface area contributed by atoms with Gasteiger partial charge in [-0.25, -0.2) is 14.6 Å². The number of piperazine rings is 1. The Labute approximate surface area is 235 Å². The summed E-state index contributed by atoms with van der Waals surface area (Å²) in [5.41, 5.74) is -2.96. The Balaban J connectivity index is 1.30. The summed E-state index contributed by atoms with van der Waals surface area (Å²) in [5.74, 6) is -0.231. The van der Waals surface area contributed by atoms with E-state index < -0.39 is 35.0 Å². The Morgan fingerprint density at radius 2 is 1.62 bits per heavy atom. The molecule has 1 atom stereocenters. The topological polar surface area (TPSA) is 93.5 Å². The number of aromatic nitrogens is 4. The van der Waals surface area contributed by atoms with E-state index in [0.29, 0.717) is 23.7 Å². The number of hydrogen-bond acceptors (Lipinski definition) is 7. The van der Waals surface area contributed by atoms with Crippen LogP contribution in [0.3, 0.4) is 0 Å². The zero-order valence-corrected chi connectivity index (χ0v) is 22.4. The van der Waals surface area contributed by atoms with Gasteiger partial charge in [-0.1, -0.05) is 12.1 Å². The molecule has 0 saturated carbocycles. The van der Waals surface area contributed by atoms with Crippen LogP contribution in [0.25, 0.3) is 0 Å². The molecule has 15 heteroatoms. The summed E-state index contributed by atoms with van der Waals surface area (Å²) < 4.78 is 86.4. The fraction of sp³-hybridized carbons (Fsp3) is 0.444.